The van der Waals surface area contributed by atoms with Gasteiger partial charge in [0.05, 0.1) is 12.4 Å². The van der Waals surface area contributed by atoms with Gasteiger partial charge in [-0.1, -0.05) is 23.1 Å². The Labute approximate surface area is 113 Å². The smallest absolute Gasteiger partial charge is 0.313 e. The third-order valence-electron chi connectivity index (χ3n) is 2.67. The minimum absolute atomic E-state index is 0.0287. The highest BCUT2D eigenvalue weighted by Gasteiger charge is 2.25. The number of carboxylic acids is 1. The number of nitrogens with zero attached hydrogens (tertiary/aromatic N) is 3. The average molecular weight is 289 g/mol. The zero-order chi connectivity index (χ0) is 13.0. The summed E-state index contributed by atoms with van der Waals surface area (Å²) in [7, 11) is 1.72. The number of carbonyl (C=O) groups is 1. The van der Waals surface area contributed by atoms with Gasteiger partial charge < -0.3 is 14.7 Å². The molecule has 2 rings (SSSR count). The molecule has 1 atom stereocenters. The van der Waals surface area contributed by atoms with E-state index in [0.29, 0.717) is 10.3 Å². The van der Waals surface area contributed by atoms with Crippen LogP contribution in [0.15, 0.2) is 4.34 Å². The van der Waals surface area contributed by atoms with Gasteiger partial charge in [-0.05, 0) is 6.42 Å². The Morgan fingerprint density at radius 3 is 3.22 bits per heavy atom. The molecule has 1 fully saturated rings. The quantitative estimate of drug-likeness (QED) is 0.788. The summed E-state index contributed by atoms with van der Waals surface area (Å²) in [5, 5.41) is 17.6. The van der Waals surface area contributed by atoms with Crippen molar-refractivity contribution in [1.82, 2.24) is 10.2 Å². The molecule has 1 aromatic rings. The van der Waals surface area contributed by atoms with Crippen molar-refractivity contribution >= 4 is 34.2 Å². The molecule has 2 heterocycles. The standard InChI is InChI=1S/C10H15N3O3S2/c1-16-5-7-2-3-13(4-7)9-11-12-10(18-9)17-6-8(14)15/h7H,2-6H2,1H3,(H,14,15). The van der Waals surface area contributed by atoms with Crippen LogP contribution in [0.3, 0.4) is 0 Å². The van der Waals surface area contributed by atoms with Crippen molar-refractivity contribution in [1.29, 1.82) is 0 Å². The largest absolute Gasteiger partial charge is 0.481 e. The summed E-state index contributed by atoms with van der Waals surface area (Å²) < 4.78 is 5.86. The van der Waals surface area contributed by atoms with Gasteiger partial charge in [-0.3, -0.25) is 4.79 Å². The fraction of sp³-hybridized carbons (Fsp3) is 0.700. The van der Waals surface area contributed by atoms with Gasteiger partial charge in [-0.15, -0.1) is 10.2 Å². The molecule has 6 nitrogen and oxygen atoms in total. The van der Waals surface area contributed by atoms with Gasteiger partial charge >= 0.3 is 5.97 Å². The fourth-order valence-corrected chi connectivity index (χ4v) is 3.49. The maximum absolute atomic E-state index is 10.5. The number of carboxylic acid groups (broad SMARTS) is 1. The minimum Gasteiger partial charge on any atom is -0.481 e. The normalized spacial score (nSPS) is 19.4. The first-order valence-corrected chi connectivity index (χ1v) is 7.41. The van der Waals surface area contributed by atoms with Gasteiger partial charge in [-0.25, -0.2) is 0 Å². The summed E-state index contributed by atoms with van der Waals surface area (Å²) in [5.41, 5.74) is 0. The molecule has 0 amide bonds. The third-order valence-corrected chi connectivity index (χ3v) is 4.78. The number of ether oxygens (including phenoxy) is 1. The van der Waals surface area contributed by atoms with Crippen molar-refractivity contribution in [2.45, 2.75) is 10.8 Å². The highest BCUT2D eigenvalue weighted by molar-refractivity contribution is 8.01. The van der Waals surface area contributed by atoms with Gasteiger partial charge in [0.25, 0.3) is 0 Å². The van der Waals surface area contributed by atoms with E-state index < -0.39 is 5.97 Å². The molecule has 0 bridgehead atoms. The van der Waals surface area contributed by atoms with E-state index in [9.17, 15) is 4.79 Å². The zero-order valence-corrected chi connectivity index (χ0v) is 11.7. The van der Waals surface area contributed by atoms with Crippen molar-refractivity contribution in [3.8, 4) is 0 Å². The van der Waals surface area contributed by atoms with Crippen molar-refractivity contribution < 1.29 is 14.6 Å². The van der Waals surface area contributed by atoms with Crippen molar-refractivity contribution in [2.24, 2.45) is 5.92 Å². The lowest BCUT2D eigenvalue weighted by Crippen LogP contribution is -2.20. The Bertz CT molecular complexity index is 413. The summed E-state index contributed by atoms with van der Waals surface area (Å²) in [4.78, 5) is 12.6. The maximum atomic E-state index is 10.5. The van der Waals surface area contributed by atoms with Crippen LogP contribution >= 0.6 is 23.1 Å². The van der Waals surface area contributed by atoms with E-state index in [1.165, 1.54) is 23.1 Å². The molecule has 1 aliphatic rings. The predicted molar refractivity (Wildman–Crippen MR) is 70.5 cm³/mol. The van der Waals surface area contributed by atoms with Crippen LogP contribution in [0.4, 0.5) is 5.13 Å². The molecule has 100 valence electrons. The van der Waals surface area contributed by atoms with Crippen molar-refractivity contribution in [3.63, 3.8) is 0 Å². The minimum atomic E-state index is -0.835. The van der Waals surface area contributed by atoms with Gasteiger partial charge in [0.2, 0.25) is 5.13 Å². The first-order chi connectivity index (χ1) is 8.69. The Hall–Kier alpha value is -0.860. The molecular weight excluding hydrogens is 274 g/mol. The van der Waals surface area contributed by atoms with E-state index >= 15 is 0 Å². The molecule has 8 heteroatoms. The van der Waals surface area contributed by atoms with Crippen LogP contribution in [-0.2, 0) is 9.53 Å². The number of aromatic nitrogens is 2. The second kappa shape index (κ2) is 6.35. The molecule has 1 saturated heterocycles. The fourth-order valence-electron chi connectivity index (χ4n) is 1.89. The van der Waals surface area contributed by atoms with Crippen LogP contribution in [0, 0.1) is 5.92 Å². The average Bonchev–Trinajstić information content (AvgIpc) is 2.94. The van der Waals surface area contributed by atoms with Gasteiger partial charge in [0.1, 0.15) is 0 Å². The van der Waals surface area contributed by atoms with E-state index in [1.807, 2.05) is 0 Å². The second-order valence-corrected chi connectivity index (χ2v) is 6.27. The Kier molecular flexibility index (Phi) is 4.79. The first kappa shape index (κ1) is 13.6. The van der Waals surface area contributed by atoms with Gasteiger partial charge in [-0.2, -0.15) is 0 Å². The van der Waals surface area contributed by atoms with Crippen LogP contribution in [0.25, 0.3) is 0 Å². The predicted octanol–water partition coefficient (Wildman–Crippen LogP) is 1.19. The number of thioether (sulfide) groups is 1. The van der Waals surface area contributed by atoms with E-state index in [-0.39, 0.29) is 5.75 Å². The van der Waals surface area contributed by atoms with Gasteiger partial charge in [0.15, 0.2) is 4.34 Å². The van der Waals surface area contributed by atoms with E-state index in [0.717, 1.165) is 31.2 Å². The summed E-state index contributed by atoms with van der Waals surface area (Å²) in [6, 6.07) is 0. The molecule has 1 N–H and O–H groups in total. The second-order valence-electron chi connectivity index (χ2n) is 4.09. The molecule has 0 aliphatic carbocycles. The molecule has 1 aromatic heterocycles. The SMILES string of the molecule is COCC1CCN(c2nnc(SCC(=O)O)s2)C1. The number of hydrogen-bond acceptors (Lipinski definition) is 7. The summed E-state index contributed by atoms with van der Waals surface area (Å²) >= 11 is 2.67. The molecule has 18 heavy (non-hydrogen) atoms. The third kappa shape index (κ3) is 3.56. The molecule has 0 aromatic carbocycles. The van der Waals surface area contributed by atoms with E-state index in [4.69, 9.17) is 9.84 Å². The molecule has 0 spiro atoms. The molecule has 0 saturated carbocycles. The first-order valence-electron chi connectivity index (χ1n) is 5.61. The lowest BCUT2D eigenvalue weighted by Gasteiger charge is -2.13. The van der Waals surface area contributed by atoms with Crippen molar-refractivity contribution in [2.75, 3.05) is 37.5 Å². The molecule has 0 radical (unpaired) electrons. The van der Waals surface area contributed by atoms with Crippen LogP contribution in [-0.4, -0.2) is 53.8 Å². The maximum Gasteiger partial charge on any atom is 0.313 e. The molecular formula is C10H15N3O3S2. The lowest BCUT2D eigenvalue weighted by molar-refractivity contribution is -0.133. The molecule has 1 unspecified atom stereocenters. The highest BCUT2D eigenvalue weighted by Crippen LogP contribution is 2.31. The van der Waals surface area contributed by atoms with Crippen LogP contribution in [0.5, 0.6) is 0 Å². The Balaban J connectivity index is 1.88. The highest BCUT2D eigenvalue weighted by atomic mass is 32.2. The number of methoxy groups -OCH3 is 1. The zero-order valence-electron chi connectivity index (χ0n) is 10.0. The topological polar surface area (TPSA) is 75.5 Å². The monoisotopic (exact) mass is 289 g/mol. The number of hydrogen-bond donors (Lipinski definition) is 1. The van der Waals surface area contributed by atoms with E-state index in [2.05, 4.69) is 15.1 Å². The summed E-state index contributed by atoms with van der Waals surface area (Å²) in [6.45, 7) is 2.67. The molecule has 1 aliphatic heterocycles. The Morgan fingerprint density at radius 2 is 2.50 bits per heavy atom. The van der Waals surface area contributed by atoms with Gasteiger partial charge in [0, 0.05) is 26.1 Å². The Morgan fingerprint density at radius 1 is 1.67 bits per heavy atom. The number of anilines is 1. The summed E-state index contributed by atoms with van der Waals surface area (Å²) in [5.74, 6) is -0.256. The summed E-state index contributed by atoms with van der Waals surface area (Å²) in [6.07, 6.45) is 1.10. The van der Waals surface area contributed by atoms with Crippen LogP contribution < -0.4 is 4.90 Å². The van der Waals surface area contributed by atoms with E-state index in [1.54, 1.807) is 7.11 Å². The number of aliphatic carboxylic acids is 1. The van der Waals surface area contributed by atoms with Crippen molar-refractivity contribution in [3.05, 3.63) is 0 Å². The number of rotatable bonds is 6. The van der Waals surface area contributed by atoms with Crippen LogP contribution in [0.1, 0.15) is 6.42 Å². The lowest BCUT2D eigenvalue weighted by atomic mass is 10.1. The van der Waals surface area contributed by atoms with Crippen LogP contribution in [0.2, 0.25) is 0 Å².